The van der Waals surface area contributed by atoms with Gasteiger partial charge in [-0.25, -0.2) is 0 Å². The third-order valence-electron chi connectivity index (χ3n) is 5.46. The van der Waals surface area contributed by atoms with Gasteiger partial charge in [0.1, 0.15) is 0 Å². The van der Waals surface area contributed by atoms with Crippen LogP contribution in [0.15, 0.2) is 18.2 Å². The molecule has 0 atom stereocenters. The summed E-state index contributed by atoms with van der Waals surface area (Å²) in [4.78, 5) is 41.1. The molecule has 0 spiro atoms. The van der Waals surface area contributed by atoms with E-state index in [0.717, 1.165) is 57.5 Å². The number of hydrogen-bond donors (Lipinski definition) is 1. The summed E-state index contributed by atoms with van der Waals surface area (Å²) in [6, 6.07) is 5.55. The summed E-state index contributed by atoms with van der Waals surface area (Å²) in [6.45, 7) is 5.51. The summed E-state index contributed by atoms with van der Waals surface area (Å²) < 4.78 is 4.86. The number of piperidine rings is 1. The summed E-state index contributed by atoms with van der Waals surface area (Å²) in [5.74, 6) is -0.606. The van der Waals surface area contributed by atoms with Crippen molar-refractivity contribution in [3.8, 4) is 0 Å². The van der Waals surface area contributed by atoms with E-state index in [1.165, 1.54) is 6.42 Å². The third kappa shape index (κ3) is 5.71. The molecule has 0 aliphatic carbocycles. The van der Waals surface area contributed by atoms with Crippen molar-refractivity contribution in [3.05, 3.63) is 23.8 Å². The number of rotatable bonds is 7. The Bertz CT molecular complexity index is 738. The molecule has 2 amide bonds. The molecule has 3 rings (SSSR count). The van der Waals surface area contributed by atoms with Crippen molar-refractivity contribution in [1.82, 2.24) is 4.90 Å². The molecule has 0 radical (unpaired) electrons. The fraction of sp³-hybridized carbons (Fsp3) is 0.591. The normalized spacial score (nSPS) is 16.6. The zero-order chi connectivity index (χ0) is 20.6. The van der Waals surface area contributed by atoms with Crippen LogP contribution >= 0.6 is 0 Å². The Hall–Kier alpha value is -2.57. The van der Waals surface area contributed by atoms with E-state index in [2.05, 4.69) is 10.2 Å². The van der Waals surface area contributed by atoms with E-state index in [4.69, 9.17) is 4.74 Å². The topological polar surface area (TPSA) is 79.0 Å². The molecular weight excluding hydrogens is 370 g/mol. The maximum absolute atomic E-state index is 13.2. The van der Waals surface area contributed by atoms with Crippen LogP contribution in [-0.2, 0) is 14.3 Å². The average molecular weight is 402 g/mol. The molecule has 0 saturated carbocycles. The van der Waals surface area contributed by atoms with Gasteiger partial charge in [-0.3, -0.25) is 14.4 Å². The first-order valence-corrected chi connectivity index (χ1v) is 10.7. The van der Waals surface area contributed by atoms with Crippen LogP contribution in [-0.4, -0.2) is 55.5 Å². The third-order valence-corrected chi connectivity index (χ3v) is 5.46. The molecule has 29 heavy (non-hydrogen) atoms. The quantitative estimate of drug-likeness (QED) is 0.710. The lowest BCUT2D eigenvalue weighted by Gasteiger charge is -2.29. The van der Waals surface area contributed by atoms with Gasteiger partial charge in [0.15, 0.2) is 0 Å². The highest BCUT2D eigenvalue weighted by atomic mass is 16.5. The molecule has 0 aromatic heterocycles. The van der Waals surface area contributed by atoms with Crippen LogP contribution in [0, 0.1) is 0 Å². The number of amides is 2. The second kappa shape index (κ2) is 10.3. The smallest absolute Gasteiger partial charge is 0.306 e. The summed E-state index contributed by atoms with van der Waals surface area (Å²) in [5, 5.41) is 2.82. The molecule has 2 fully saturated rings. The fourth-order valence-electron chi connectivity index (χ4n) is 3.96. The highest BCUT2D eigenvalue weighted by Crippen LogP contribution is 2.29. The Kier molecular flexibility index (Phi) is 7.49. The molecule has 1 aromatic carbocycles. The summed E-state index contributed by atoms with van der Waals surface area (Å²) in [5.41, 5.74) is 2.18. The predicted molar refractivity (Wildman–Crippen MR) is 112 cm³/mol. The Morgan fingerprint density at radius 1 is 0.966 bits per heavy atom. The molecule has 7 heteroatoms. The van der Waals surface area contributed by atoms with Gasteiger partial charge < -0.3 is 19.9 Å². The van der Waals surface area contributed by atoms with E-state index in [1.54, 1.807) is 13.0 Å². The Labute approximate surface area is 172 Å². The van der Waals surface area contributed by atoms with Crippen molar-refractivity contribution in [2.45, 2.75) is 51.9 Å². The molecule has 2 aliphatic heterocycles. The minimum atomic E-state index is -0.381. The molecule has 1 N–H and O–H groups in total. The number of nitrogens with one attached hydrogen (secondary N) is 1. The summed E-state index contributed by atoms with van der Waals surface area (Å²) >= 11 is 0. The number of anilines is 2. The lowest BCUT2D eigenvalue weighted by molar-refractivity contribution is -0.144. The summed E-state index contributed by atoms with van der Waals surface area (Å²) in [7, 11) is 0. The number of likely N-dealkylation sites (tertiary alicyclic amines) is 1. The first kappa shape index (κ1) is 21.1. The molecular formula is C22H31N3O4. The van der Waals surface area contributed by atoms with Gasteiger partial charge in [-0.1, -0.05) is 0 Å². The monoisotopic (exact) mass is 401 g/mol. The molecule has 0 bridgehead atoms. The van der Waals surface area contributed by atoms with Crippen LogP contribution in [0.5, 0.6) is 0 Å². The fourth-order valence-corrected chi connectivity index (χ4v) is 3.96. The Morgan fingerprint density at radius 3 is 2.34 bits per heavy atom. The zero-order valence-electron chi connectivity index (χ0n) is 17.2. The number of nitrogens with zero attached hydrogens (tertiary/aromatic N) is 2. The maximum atomic E-state index is 13.2. The lowest BCUT2D eigenvalue weighted by atomic mass is 10.1. The molecule has 1 aromatic rings. The summed E-state index contributed by atoms with van der Waals surface area (Å²) in [6.07, 6.45) is 5.60. The first-order chi connectivity index (χ1) is 14.1. The van der Waals surface area contributed by atoms with Crippen molar-refractivity contribution in [1.29, 1.82) is 0 Å². The molecule has 2 aliphatic rings. The van der Waals surface area contributed by atoms with E-state index in [9.17, 15) is 14.4 Å². The highest BCUT2D eigenvalue weighted by Gasteiger charge is 2.25. The minimum absolute atomic E-state index is 0.0363. The van der Waals surface area contributed by atoms with E-state index >= 15 is 0 Å². The van der Waals surface area contributed by atoms with Crippen molar-refractivity contribution in [3.63, 3.8) is 0 Å². The van der Waals surface area contributed by atoms with Crippen molar-refractivity contribution >= 4 is 29.2 Å². The van der Waals surface area contributed by atoms with E-state index in [-0.39, 0.29) is 30.6 Å². The number of benzene rings is 1. The average Bonchev–Trinajstić information content (AvgIpc) is 3.27. The van der Waals surface area contributed by atoms with Crippen LogP contribution < -0.4 is 10.2 Å². The number of carbonyl (C=O) groups is 3. The van der Waals surface area contributed by atoms with Crippen molar-refractivity contribution in [2.75, 3.05) is 43.0 Å². The number of esters is 1. The largest absolute Gasteiger partial charge is 0.466 e. The number of hydrogen-bond acceptors (Lipinski definition) is 5. The van der Waals surface area contributed by atoms with Crippen LogP contribution in [0.4, 0.5) is 11.4 Å². The second-order valence-electron chi connectivity index (χ2n) is 7.63. The number of ether oxygens (including phenoxy) is 1. The highest BCUT2D eigenvalue weighted by molar-refractivity contribution is 6.02. The van der Waals surface area contributed by atoms with Crippen LogP contribution in [0.2, 0.25) is 0 Å². The minimum Gasteiger partial charge on any atom is -0.466 e. The Balaban J connectivity index is 1.74. The van der Waals surface area contributed by atoms with Gasteiger partial charge in [0.2, 0.25) is 5.91 Å². The lowest BCUT2D eigenvalue weighted by Crippen LogP contribution is -2.36. The molecule has 2 saturated heterocycles. The number of carbonyl (C=O) groups excluding carboxylic acids is 3. The van der Waals surface area contributed by atoms with E-state index in [0.29, 0.717) is 17.9 Å². The van der Waals surface area contributed by atoms with Crippen molar-refractivity contribution < 1.29 is 19.1 Å². The Morgan fingerprint density at radius 2 is 1.66 bits per heavy atom. The molecule has 2 heterocycles. The van der Waals surface area contributed by atoms with Gasteiger partial charge in [-0.15, -0.1) is 0 Å². The van der Waals surface area contributed by atoms with Gasteiger partial charge in [0.25, 0.3) is 5.91 Å². The SMILES string of the molecule is CCOC(=O)CCC(=O)Nc1ccc(N2CCCC2)c(C(=O)N2CCCCC2)c1. The van der Waals surface area contributed by atoms with Crippen molar-refractivity contribution in [2.24, 2.45) is 0 Å². The standard InChI is InChI=1S/C22H31N3O4/c1-2-29-21(27)11-10-20(26)23-17-8-9-19(24-12-6-7-13-24)18(16-17)22(28)25-14-4-3-5-15-25/h8-9,16H,2-7,10-15H2,1H3,(H,23,26). The second-order valence-corrected chi connectivity index (χ2v) is 7.63. The van der Waals surface area contributed by atoms with E-state index in [1.807, 2.05) is 17.0 Å². The molecule has 158 valence electrons. The first-order valence-electron chi connectivity index (χ1n) is 10.7. The predicted octanol–water partition coefficient (Wildman–Crippen LogP) is 3.19. The van der Waals surface area contributed by atoms with Gasteiger partial charge in [0.05, 0.1) is 18.6 Å². The van der Waals surface area contributed by atoms with Gasteiger partial charge in [0, 0.05) is 44.0 Å². The molecule has 7 nitrogen and oxygen atoms in total. The van der Waals surface area contributed by atoms with Gasteiger partial charge in [-0.05, 0) is 57.2 Å². The van der Waals surface area contributed by atoms with Gasteiger partial charge >= 0.3 is 5.97 Å². The maximum Gasteiger partial charge on any atom is 0.306 e. The van der Waals surface area contributed by atoms with Crippen LogP contribution in [0.25, 0.3) is 0 Å². The van der Waals surface area contributed by atoms with Crippen LogP contribution in [0.1, 0.15) is 62.2 Å². The zero-order valence-corrected chi connectivity index (χ0v) is 17.2. The van der Waals surface area contributed by atoms with Crippen LogP contribution in [0.3, 0.4) is 0 Å². The molecule has 0 unspecified atom stereocenters. The van der Waals surface area contributed by atoms with Gasteiger partial charge in [-0.2, -0.15) is 0 Å². The van der Waals surface area contributed by atoms with E-state index < -0.39 is 0 Å².